The molecule has 1 aromatic carbocycles. The van der Waals surface area contributed by atoms with E-state index < -0.39 is 5.82 Å². The smallest absolute Gasteiger partial charge is 0.167 e. The van der Waals surface area contributed by atoms with Crippen molar-refractivity contribution in [2.24, 2.45) is 0 Å². The van der Waals surface area contributed by atoms with Crippen molar-refractivity contribution in [3.8, 4) is 0 Å². The van der Waals surface area contributed by atoms with Gasteiger partial charge in [0, 0.05) is 6.54 Å². The Balaban J connectivity index is 0.000000921. The highest BCUT2D eigenvalue weighted by Crippen LogP contribution is 2.31. The van der Waals surface area contributed by atoms with Crippen molar-refractivity contribution in [1.29, 1.82) is 0 Å². The number of hydrogen-bond donors (Lipinski definition) is 2. The lowest BCUT2D eigenvalue weighted by atomic mass is 10.2. The van der Waals surface area contributed by atoms with Crippen molar-refractivity contribution in [3.63, 3.8) is 0 Å². The van der Waals surface area contributed by atoms with Crippen LogP contribution in [0.3, 0.4) is 0 Å². The zero-order valence-electron chi connectivity index (χ0n) is 9.62. The highest BCUT2D eigenvalue weighted by atomic mass is 35.5. The molecule has 0 spiro atoms. The quantitative estimate of drug-likeness (QED) is 0.761. The number of anilines is 2. The van der Waals surface area contributed by atoms with Crippen LogP contribution in [0.4, 0.5) is 15.8 Å². The summed E-state index contributed by atoms with van der Waals surface area (Å²) in [7, 11) is 0. The molecule has 4 heteroatoms. The molecule has 1 rings (SSSR count). The summed E-state index contributed by atoms with van der Waals surface area (Å²) in [6, 6.07) is 1.66. The fourth-order valence-corrected chi connectivity index (χ4v) is 1.28. The first-order valence-electron chi connectivity index (χ1n) is 5.05. The van der Waals surface area contributed by atoms with Crippen LogP contribution in [0, 0.1) is 12.7 Å². The van der Waals surface area contributed by atoms with Gasteiger partial charge in [0.05, 0.1) is 16.4 Å². The van der Waals surface area contributed by atoms with Gasteiger partial charge in [0.2, 0.25) is 0 Å². The van der Waals surface area contributed by atoms with E-state index in [0.717, 1.165) is 0 Å². The van der Waals surface area contributed by atoms with Gasteiger partial charge in [-0.3, -0.25) is 0 Å². The van der Waals surface area contributed by atoms with Crippen molar-refractivity contribution in [1.82, 2.24) is 0 Å². The van der Waals surface area contributed by atoms with E-state index in [2.05, 4.69) is 5.32 Å². The van der Waals surface area contributed by atoms with Gasteiger partial charge in [-0.2, -0.15) is 0 Å². The number of hydrogen-bond acceptors (Lipinski definition) is 2. The SMILES string of the molecule is CC.CCNc1c(N)cc(C)c(Cl)c1F. The van der Waals surface area contributed by atoms with Crippen LogP contribution in [0.2, 0.25) is 5.02 Å². The van der Waals surface area contributed by atoms with Crippen molar-refractivity contribution in [3.05, 3.63) is 22.5 Å². The van der Waals surface area contributed by atoms with Gasteiger partial charge >= 0.3 is 0 Å². The number of rotatable bonds is 2. The largest absolute Gasteiger partial charge is 0.397 e. The molecule has 15 heavy (non-hydrogen) atoms. The predicted octanol–water partition coefficient (Wildman–Crippen LogP) is 3.83. The number of nitrogen functional groups attached to an aromatic ring is 1. The first kappa shape index (κ1) is 14.0. The minimum Gasteiger partial charge on any atom is -0.397 e. The minimum absolute atomic E-state index is 0.130. The van der Waals surface area contributed by atoms with Crippen LogP contribution < -0.4 is 11.1 Å². The fourth-order valence-electron chi connectivity index (χ4n) is 1.13. The van der Waals surface area contributed by atoms with E-state index in [1.807, 2.05) is 20.8 Å². The van der Waals surface area contributed by atoms with Crippen LogP contribution >= 0.6 is 11.6 Å². The van der Waals surface area contributed by atoms with Gasteiger partial charge in [-0.05, 0) is 25.5 Å². The van der Waals surface area contributed by atoms with E-state index >= 15 is 0 Å². The van der Waals surface area contributed by atoms with Gasteiger partial charge in [0.15, 0.2) is 5.82 Å². The molecule has 0 fully saturated rings. The van der Waals surface area contributed by atoms with E-state index in [1.54, 1.807) is 13.0 Å². The predicted molar refractivity (Wildman–Crippen MR) is 66.1 cm³/mol. The zero-order chi connectivity index (χ0) is 12.0. The van der Waals surface area contributed by atoms with Crippen LogP contribution in [-0.4, -0.2) is 6.54 Å². The third kappa shape index (κ3) is 3.27. The molecule has 0 aliphatic heterocycles. The average molecular weight is 233 g/mol. The molecule has 0 aliphatic carbocycles. The molecule has 0 atom stereocenters. The second-order valence-electron chi connectivity index (χ2n) is 2.82. The summed E-state index contributed by atoms with van der Waals surface area (Å²) in [5.41, 5.74) is 6.95. The molecule has 0 aliphatic rings. The van der Waals surface area contributed by atoms with Crippen LogP contribution in [-0.2, 0) is 0 Å². The molecule has 0 saturated carbocycles. The van der Waals surface area contributed by atoms with Crippen LogP contribution in [0.25, 0.3) is 0 Å². The maximum atomic E-state index is 13.4. The Morgan fingerprint density at radius 3 is 2.47 bits per heavy atom. The molecule has 2 nitrogen and oxygen atoms in total. The second kappa shape index (κ2) is 6.51. The van der Waals surface area contributed by atoms with Crippen LogP contribution in [0.5, 0.6) is 0 Å². The Kier molecular flexibility index (Phi) is 6.09. The lowest BCUT2D eigenvalue weighted by Crippen LogP contribution is -2.04. The lowest BCUT2D eigenvalue weighted by Gasteiger charge is -2.11. The summed E-state index contributed by atoms with van der Waals surface area (Å²) in [4.78, 5) is 0. The standard InChI is InChI=1S/C9H12ClFN2.C2H6/c1-3-13-9-6(12)4-5(2)7(10)8(9)11;1-2/h4,13H,3,12H2,1-2H3;1-2H3. The summed E-state index contributed by atoms with van der Waals surface area (Å²) in [5.74, 6) is -0.471. The molecule has 0 aromatic heterocycles. The fraction of sp³-hybridized carbons (Fsp3) is 0.455. The Labute approximate surface area is 95.6 Å². The molecule has 86 valence electrons. The van der Waals surface area contributed by atoms with Crippen LogP contribution in [0.1, 0.15) is 26.3 Å². The summed E-state index contributed by atoms with van der Waals surface area (Å²) in [6.45, 7) is 8.20. The summed E-state index contributed by atoms with van der Waals surface area (Å²) < 4.78 is 13.4. The van der Waals surface area contributed by atoms with Gasteiger partial charge in [0.25, 0.3) is 0 Å². The third-order valence-corrected chi connectivity index (χ3v) is 2.24. The first-order valence-corrected chi connectivity index (χ1v) is 5.43. The molecular formula is C11H18ClFN2. The van der Waals surface area contributed by atoms with E-state index in [9.17, 15) is 4.39 Å². The molecule has 3 N–H and O–H groups in total. The molecular weight excluding hydrogens is 215 g/mol. The molecule has 0 saturated heterocycles. The van der Waals surface area contributed by atoms with Gasteiger partial charge in [-0.25, -0.2) is 4.39 Å². The monoisotopic (exact) mass is 232 g/mol. The Hall–Kier alpha value is -0.960. The Morgan fingerprint density at radius 1 is 1.47 bits per heavy atom. The molecule has 0 heterocycles. The second-order valence-corrected chi connectivity index (χ2v) is 3.19. The number of aryl methyl sites for hydroxylation is 1. The van der Waals surface area contributed by atoms with Gasteiger partial charge in [0.1, 0.15) is 0 Å². The highest BCUT2D eigenvalue weighted by Gasteiger charge is 2.12. The normalized spacial score (nSPS) is 9.20. The lowest BCUT2D eigenvalue weighted by molar-refractivity contribution is 0.630. The summed E-state index contributed by atoms with van der Waals surface area (Å²) in [5, 5.41) is 2.96. The van der Waals surface area contributed by atoms with Crippen molar-refractivity contribution in [2.75, 3.05) is 17.6 Å². The maximum absolute atomic E-state index is 13.4. The van der Waals surface area contributed by atoms with E-state index in [-0.39, 0.29) is 10.7 Å². The van der Waals surface area contributed by atoms with E-state index in [0.29, 0.717) is 17.8 Å². The van der Waals surface area contributed by atoms with Gasteiger partial charge in [-0.15, -0.1) is 0 Å². The topological polar surface area (TPSA) is 38.0 Å². The average Bonchev–Trinajstić information content (AvgIpc) is 2.24. The van der Waals surface area contributed by atoms with Crippen molar-refractivity contribution >= 4 is 23.0 Å². The first-order chi connectivity index (χ1) is 7.07. The number of halogens is 2. The Morgan fingerprint density at radius 2 is 2.00 bits per heavy atom. The van der Waals surface area contributed by atoms with Crippen molar-refractivity contribution < 1.29 is 4.39 Å². The molecule has 0 amide bonds. The zero-order valence-corrected chi connectivity index (χ0v) is 10.4. The summed E-state index contributed by atoms with van der Waals surface area (Å²) in [6.07, 6.45) is 0. The number of nitrogens with one attached hydrogen (secondary N) is 1. The van der Waals surface area contributed by atoms with Gasteiger partial charge < -0.3 is 11.1 Å². The molecule has 0 radical (unpaired) electrons. The van der Waals surface area contributed by atoms with E-state index in [1.165, 1.54) is 0 Å². The molecule has 1 aromatic rings. The molecule has 0 bridgehead atoms. The van der Waals surface area contributed by atoms with Gasteiger partial charge in [-0.1, -0.05) is 25.4 Å². The Bertz CT molecular complexity index is 327. The third-order valence-electron chi connectivity index (χ3n) is 1.77. The molecule has 0 unspecified atom stereocenters. The maximum Gasteiger partial charge on any atom is 0.167 e. The number of nitrogens with two attached hydrogens (primary N) is 1. The van der Waals surface area contributed by atoms with E-state index in [4.69, 9.17) is 17.3 Å². The van der Waals surface area contributed by atoms with Crippen LogP contribution in [0.15, 0.2) is 6.07 Å². The summed E-state index contributed by atoms with van der Waals surface area (Å²) >= 11 is 5.72. The van der Waals surface area contributed by atoms with Crippen molar-refractivity contribution in [2.45, 2.75) is 27.7 Å². The minimum atomic E-state index is -0.471. The highest BCUT2D eigenvalue weighted by molar-refractivity contribution is 6.32. The number of benzene rings is 1.